The summed E-state index contributed by atoms with van der Waals surface area (Å²) < 4.78 is 53.7. The molecule has 0 aromatic heterocycles. The minimum Gasteiger partial charge on any atom is -0.497 e. The maximum absolute atomic E-state index is 14.8. The number of hydrogen-bond donors (Lipinski definition) is 0. The standard InChI is InChI=1S/C28H29F3O2/c1-32-23-13-9-20(10-14-23)24-15-11-21(27(30)28(24)31)8-5-18-3-6-19(7-4-18)22-12-16-26(33-2)25(29)17-22/h9-19H,3-8H2,1-2H3. The lowest BCUT2D eigenvalue weighted by Gasteiger charge is -2.29. The zero-order chi connectivity index (χ0) is 23.4. The molecule has 0 spiro atoms. The van der Waals surface area contributed by atoms with Crippen LogP contribution in [0.15, 0.2) is 54.6 Å². The van der Waals surface area contributed by atoms with E-state index in [2.05, 4.69) is 0 Å². The zero-order valence-corrected chi connectivity index (χ0v) is 19.0. The summed E-state index contributed by atoms with van der Waals surface area (Å²) in [5.74, 6) is -0.156. The van der Waals surface area contributed by atoms with Gasteiger partial charge in [0.25, 0.3) is 0 Å². The molecule has 33 heavy (non-hydrogen) atoms. The van der Waals surface area contributed by atoms with E-state index in [-0.39, 0.29) is 17.1 Å². The van der Waals surface area contributed by atoms with Crippen LogP contribution in [0.1, 0.15) is 49.1 Å². The third-order valence-corrected chi connectivity index (χ3v) is 6.88. The minimum atomic E-state index is -0.803. The topological polar surface area (TPSA) is 18.5 Å². The van der Waals surface area contributed by atoms with Gasteiger partial charge in [0.15, 0.2) is 23.2 Å². The molecule has 4 rings (SSSR count). The molecule has 5 heteroatoms. The lowest BCUT2D eigenvalue weighted by atomic mass is 9.77. The van der Waals surface area contributed by atoms with Gasteiger partial charge >= 0.3 is 0 Å². The number of halogens is 3. The van der Waals surface area contributed by atoms with Crippen LogP contribution >= 0.6 is 0 Å². The lowest BCUT2D eigenvalue weighted by molar-refractivity contribution is 0.308. The molecule has 0 saturated heterocycles. The monoisotopic (exact) mass is 454 g/mol. The Balaban J connectivity index is 1.35. The van der Waals surface area contributed by atoms with E-state index < -0.39 is 11.6 Å². The fraction of sp³-hybridized carbons (Fsp3) is 0.357. The first-order valence-corrected chi connectivity index (χ1v) is 11.4. The predicted molar refractivity (Wildman–Crippen MR) is 124 cm³/mol. The van der Waals surface area contributed by atoms with Crippen molar-refractivity contribution in [1.82, 2.24) is 0 Å². The average molecular weight is 455 g/mol. The summed E-state index contributed by atoms with van der Waals surface area (Å²) in [7, 11) is 3.03. The van der Waals surface area contributed by atoms with Crippen molar-refractivity contribution < 1.29 is 22.6 Å². The molecule has 0 bridgehead atoms. The van der Waals surface area contributed by atoms with Gasteiger partial charge in [-0.15, -0.1) is 0 Å². The predicted octanol–water partition coefficient (Wildman–Crippen LogP) is 7.69. The molecule has 0 heterocycles. The Hall–Kier alpha value is -2.95. The van der Waals surface area contributed by atoms with Gasteiger partial charge in [0.2, 0.25) is 0 Å². The molecule has 1 saturated carbocycles. The van der Waals surface area contributed by atoms with Crippen LogP contribution in [0.2, 0.25) is 0 Å². The molecule has 0 aliphatic heterocycles. The van der Waals surface area contributed by atoms with E-state index in [0.717, 1.165) is 37.7 Å². The van der Waals surface area contributed by atoms with Gasteiger partial charge in [-0.3, -0.25) is 0 Å². The second kappa shape index (κ2) is 10.3. The molecule has 1 aliphatic rings. The third kappa shape index (κ3) is 5.18. The van der Waals surface area contributed by atoms with Gasteiger partial charge in [0, 0.05) is 5.56 Å². The lowest BCUT2D eigenvalue weighted by Crippen LogP contribution is -2.14. The second-order valence-corrected chi connectivity index (χ2v) is 8.78. The summed E-state index contributed by atoms with van der Waals surface area (Å²) >= 11 is 0. The quantitative estimate of drug-likeness (QED) is 0.364. The molecule has 3 aromatic carbocycles. The van der Waals surface area contributed by atoms with Crippen molar-refractivity contribution in [3.05, 3.63) is 83.2 Å². The molecule has 0 N–H and O–H groups in total. The van der Waals surface area contributed by atoms with Gasteiger partial charge in [-0.05, 0) is 91.3 Å². The number of rotatable bonds is 7. The number of ether oxygens (including phenoxy) is 2. The maximum Gasteiger partial charge on any atom is 0.166 e. The Morgan fingerprint density at radius 2 is 1.52 bits per heavy atom. The normalized spacial score (nSPS) is 18.2. The van der Waals surface area contributed by atoms with Gasteiger partial charge in [-0.2, -0.15) is 0 Å². The van der Waals surface area contributed by atoms with Crippen molar-refractivity contribution in [3.8, 4) is 22.6 Å². The van der Waals surface area contributed by atoms with Crippen LogP contribution in [0.25, 0.3) is 11.1 Å². The van der Waals surface area contributed by atoms with E-state index in [1.165, 1.54) is 7.11 Å². The SMILES string of the molecule is COc1ccc(-c2ccc(CCC3CCC(c4ccc(OC)c(F)c4)CC3)c(F)c2F)cc1. The summed E-state index contributed by atoms with van der Waals surface area (Å²) in [6.45, 7) is 0. The first-order chi connectivity index (χ1) is 16.0. The molecule has 3 aromatic rings. The summed E-state index contributed by atoms with van der Waals surface area (Å²) in [4.78, 5) is 0. The zero-order valence-electron chi connectivity index (χ0n) is 19.0. The molecular formula is C28H29F3O2. The number of benzene rings is 3. The van der Waals surface area contributed by atoms with Crippen molar-refractivity contribution in [2.75, 3.05) is 14.2 Å². The smallest absolute Gasteiger partial charge is 0.166 e. The Kier molecular flexibility index (Phi) is 7.26. The number of methoxy groups -OCH3 is 2. The average Bonchev–Trinajstić information content (AvgIpc) is 2.85. The van der Waals surface area contributed by atoms with Crippen LogP contribution in [0, 0.1) is 23.4 Å². The molecule has 174 valence electrons. The molecule has 0 amide bonds. The molecule has 1 fully saturated rings. The highest BCUT2D eigenvalue weighted by atomic mass is 19.2. The number of aryl methyl sites for hydroxylation is 1. The van der Waals surface area contributed by atoms with Crippen molar-refractivity contribution in [2.45, 2.75) is 44.4 Å². The highest BCUT2D eigenvalue weighted by Gasteiger charge is 2.24. The summed E-state index contributed by atoms with van der Waals surface area (Å²) in [5, 5.41) is 0. The Labute approximate surface area is 193 Å². The molecule has 1 aliphatic carbocycles. The van der Waals surface area contributed by atoms with E-state index in [1.54, 1.807) is 55.6 Å². The van der Waals surface area contributed by atoms with E-state index in [4.69, 9.17) is 9.47 Å². The molecule has 2 nitrogen and oxygen atoms in total. The highest BCUT2D eigenvalue weighted by Crippen LogP contribution is 2.39. The van der Waals surface area contributed by atoms with Crippen LogP contribution in [0.3, 0.4) is 0 Å². The minimum absolute atomic E-state index is 0.256. The molecular weight excluding hydrogens is 425 g/mol. The van der Waals surface area contributed by atoms with Crippen LogP contribution < -0.4 is 9.47 Å². The summed E-state index contributed by atoms with van der Waals surface area (Å²) in [6, 6.07) is 15.5. The van der Waals surface area contributed by atoms with Gasteiger partial charge in [-0.25, -0.2) is 13.2 Å². The molecule has 0 unspecified atom stereocenters. The van der Waals surface area contributed by atoms with Crippen LogP contribution in [0.4, 0.5) is 13.2 Å². The van der Waals surface area contributed by atoms with Crippen LogP contribution in [-0.4, -0.2) is 14.2 Å². The number of hydrogen-bond acceptors (Lipinski definition) is 2. The first-order valence-electron chi connectivity index (χ1n) is 11.4. The molecule has 0 radical (unpaired) electrons. The maximum atomic E-state index is 14.8. The van der Waals surface area contributed by atoms with E-state index in [9.17, 15) is 13.2 Å². The van der Waals surface area contributed by atoms with E-state index in [1.807, 2.05) is 6.07 Å². The summed E-state index contributed by atoms with van der Waals surface area (Å²) in [6.07, 6.45) is 5.30. The fourth-order valence-electron chi connectivity index (χ4n) is 4.86. The fourth-order valence-corrected chi connectivity index (χ4v) is 4.86. The van der Waals surface area contributed by atoms with Gasteiger partial charge in [-0.1, -0.05) is 30.3 Å². The van der Waals surface area contributed by atoms with Crippen LogP contribution in [0.5, 0.6) is 11.5 Å². The Morgan fingerprint density at radius 3 is 2.15 bits per heavy atom. The van der Waals surface area contributed by atoms with Gasteiger partial charge < -0.3 is 9.47 Å². The Morgan fingerprint density at radius 1 is 0.788 bits per heavy atom. The summed E-state index contributed by atoms with van der Waals surface area (Å²) in [5.41, 5.74) is 2.30. The van der Waals surface area contributed by atoms with Gasteiger partial charge in [0.1, 0.15) is 5.75 Å². The Bertz CT molecular complexity index is 1090. The van der Waals surface area contributed by atoms with Crippen molar-refractivity contribution >= 4 is 0 Å². The van der Waals surface area contributed by atoms with E-state index in [0.29, 0.717) is 35.1 Å². The van der Waals surface area contributed by atoms with Crippen molar-refractivity contribution in [2.24, 2.45) is 5.92 Å². The van der Waals surface area contributed by atoms with Gasteiger partial charge in [0.05, 0.1) is 14.2 Å². The second-order valence-electron chi connectivity index (χ2n) is 8.78. The van der Waals surface area contributed by atoms with Crippen LogP contribution in [-0.2, 0) is 6.42 Å². The van der Waals surface area contributed by atoms with E-state index >= 15 is 0 Å². The van der Waals surface area contributed by atoms with Crippen molar-refractivity contribution in [3.63, 3.8) is 0 Å². The third-order valence-electron chi connectivity index (χ3n) is 6.88. The molecule has 0 atom stereocenters. The van der Waals surface area contributed by atoms with Crippen molar-refractivity contribution in [1.29, 1.82) is 0 Å². The first kappa shape index (κ1) is 23.2. The largest absolute Gasteiger partial charge is 0.497 e. The highest BCUT2D eigenvalue weighted by molar-refractivity contribution is 5.65.